The van der Waals surface area contributed by atoms with E-state index in [4.69, 9.17) is 18.0 Å². The van der Waals surface area contributed by atoms with E-state index in [1.165, 1.54) is 10.8 Å². The number of carbonyl (C=O) groups excluding carboxylic acids is 1. The number of aromatic nitrogens is 1. The second-order valence-corrected chi connectivity index (χ2v) is 4.38. The first-order chi connectivity index (χ1) is 7.91. The molecule has 0 aliphatic rings. The molecule has 0 aromatic carbocycles. The minimum atomic E-state index is -0.348. The molecule has 3 N–H and O–H groups in total. The van der Waals surface area contributed by atoms with Gasteiger partial charge in [-0.3, -0.25) is 9.59 Å². The van der Waals surface area contributed by atoms with Crippen molar-refractivity contribution in [3.63, 3.8) is 0 Å². The van der Waals surface area contributed by atoms with Gasteiger partial charge in [0.1, 0.15) is 11.5 Å². The summed E-state index contributed by atoms with van der Waals surface area (Å²) in [6.07, 6.45) is 1.53. The molecule has 0 unspecified atom stereocenters. The van der Waals surface area contributed by atoms with Crippen molar-refractivity contribution in [3.05, 3.63) is 34.2 Å². The van der Waals surface area contributed by atoms with Crippen molar-refractivity contribution < 1.29 is 4.79 Å². The first kappa shape index (κ1) is 13.4. The molecule has 1 rings (SSSR count). The van der Waals surface area contributed by atoms with Crippen LogP contribution in [0.15, 0.2) is 23.1 Å². The van der Waals surface area contributed by atoms with Gasteiger partial charge in [0.25, 0.3) is 5.56 Å². The van der Waals surface area contributed by atoms with E-state index in [0.29, 0.717) is 0 Å². The molecule has 92 valence electrons. The van der Waals surface area contributed by atoms with Crippen LogP contribution in [0.5, 0.6) is 0 Å². The average Bonchev–Trinajstić information content (AvgIpc) is 2.19. The molecule has 1 aromatic heterocycles. The highest BCUT2D eigenvalue weighted by Crippen LogP contribution is 1.92. The molecule has 0 aliphatic heterocycles. The number of nitrogens with two attached hydrogens (primary N) is 1. The van der Waals surface area contributed by atoms with Crippen LogP contribution in [0.25, 0.3) is 0 Å². The molecule has 17 heavy (non-hydrogen) atoms. The lowest BCUT2D eigenvalue weighted by Gasteiger charge is -2.10. The van der Waals surface area contributed by atoms with Gasteiger partial charge in [-0.1, -0.05) is 12.2 Å². The van der Waals surface area contributed by atoms with Crippen molar-refractivity contribution in [2.24, 2.45) is 5.73 Å². The van der Waals surface area contributed by atoms with Crippen molar-refractivity contribution in [2.75, 3.05) is 0 Å². The Bertz CT molecular complexity index is 494. The lowest BCUT2D eigenvalue weighted by molar-refractivity contribution is -0.122. The summed E-state index contributed by atoms with van der Waals surface area (Å²) >= 11 is 4.76. The normalized spacial score (nSPS) is 10.3. The minimum Gasteiger partial charge on any atom is -0.389 e. The zero-order chi connectivity index (χ0) is 13.0. The highest BCUT2D eigenvalue weighted by Gasteiger charge is 2.09. The van der Waals surface area contributed by atoms with E-state index in [-0.39, 0.29) is 34.6 Å². The van der Waals surface area contributed by atoms with E-state index in [9.17, 15) is 9.59 Å². The molecule has 0 saturated heterocycles. The Morgan fingerprint density at radius 1 is 1.59 bits per heavy atom. The standard InChI is InChI=1S/C11H15N3O2S/c1-7(2)13-9(15)6-14-5-3-4-8(10(12)17)11(14)16/h3-5,7H,6H2,1-2H3,(H2,12,17)(H,13,15). The number of hydrogen-bond donors (Lipinski definition) is 2. The molecule has 5 nitrogen and oxygen atoms in total. The predicted octanol–water partition coefficient (Wildman–Crippen LogP) is 0.00710. The smallest absolute Gasteiger partial charge is 0.261 e. The summed E-state index contributed by atoms with van der Waals surface area (Å²) in [5.74, 6) is -0.220. The molecular formula is C11H15N3O2S. The van der Waals surface area contributed by atoms with Crippen LogP contribution in [0.1, 0.15) is 19.4 Å². The molecule has 0 fully saturated rings. The number of pyridine rings is 1. The molecule has 1 heterocycles. The van der Waals surface area contributed by atoms with Crippen LogP contribution in [0, 0.1) is 0 Å². The number of carbonyl (C=O) groups is 1. The molecule has 1 amide bonds. The van der Waals surface area contributed by atoms with Crippen LogP contribution < -0.4 is 16.6 Å². The molecule has 0 aliphatic carbocycles. The lowest BCUT2D eigenvalue weighted by Crippen LogP contribution is -2.37. The van der Waals surface area contributed by atoms with Crippen LogP contribution >= 0.6 is 12.2 Å². The van der Waals surface area contributed by atoms with Crippen molar-refractivity contribution in [2.45, 2.75) is 26.4 Å². The van der Waals surface area contributed by atoms with Crippen LogP contribution in [-0.2, 0) is 11.3 Å². The van der Waals surface area contributed by atoms with Gasteiger partial charge in [-0.15, -0.1) is 0 Å². The number of nitrogens with zero attached hydrogens (tertiary/aromatic N) is 1. The van der Waals surface area contributed by atoms with E-state index in [1.54, 1.807) is 12.1 Å². The van der Waals surface area contributed by atoms with Gasteiger partial charge in [-0.05, 0) is 26.0 Å². The predicted molar refractivity (Wildman–Crippen MR) is 69.9 cm³/mol. The third-order valence-corrected chi connectivity index (χ3v) is 2.27. The SMILES string of the molecule is CC(C)NC(=O)Cn1cccc(C(N)=S)c1=O. The summed E-state index contributed by atoms with van der Waals surface area (Å²) in [4.78, 5) is 23.4. The van der Waals surface area contributed by atoms with Crippen LogP contribution in [-0.4, -0.2) is 21.5 Å². The Morgan fingerprint density at radius 3 is 2.76 bits per heavy atom. The van der Waals surface area contributed by atoms with Gasteiger partial charge in [-0.2, -0.15) is 0 Å². The topological polar surface area (TPSA) is 77.1 Å². The summed E-state index contributed by atoms with van der Waals surface area (Å²) in [6, 6.07) is 3.22. The van der Waals surface area contributed by atoms with Crippen LogP contribution in [0.2, 0.25) is 0 Å². The largest absolute Gasteiger partial charge is 0.389 e. The zero-order valence-electron chi connectivity index (χ0n) is 9.77. The summed E-state index contributed by atoms with van der Waals surface area (Å²) in [7, 11) is 0. The van der Waals surface area contributed by atoms with Crippen LogP contribution in [0.4, 0.5) is 0 Å². The van der Waals surface area contributed by atoms with Crippen molar-refractivity contribution in [1.82, 2.24) is 9.88 Å². The highest BCUT2D eigenvalue weighted by atomic mass is 32.1. The Balaban J connectivity index is 2.93. The second-order valence-electron chi connectivity index (χ2n) is 3.94. The Morgan fingerprint density at radius 2 is 2.24 bits per heavy atom. The second kappa shape index (κ2) is 5.58. The summed E-state index contributed by atoms with van der Waals surface area (Å²) < 4.78 is 1.28. The van der Waals surface area contributed by atoms with E-state index >= 15 is 0 Å². The van der Waals surface area contributed by atoms with Crippen molar-refractivity contribution in [1.29, 1.82) is 0 Å². The highest BCUT2D eigenvalue weighted by molar-refractivity contribution is 7.80. The zero-order valence-corrected chi connectivity index (χ0v) is 10.6. The first-order valence-corrected chi connectivity index (χ1v) is 5.61. The number of amides is 1. The molecule has 0 atom stereocenters. The average molecular weight is 253 g/mol. The van der Waals surface area contributed by atoms with E-state index in [0.717, 1.165) is 0 Å². The monoisotopic (exact) mass is 253 g/mol. The van der Waals surface area contributed by atoms with Gasteiger partial charge in [-0.25, -0.2) is 0 Å². The van der Waals surface area contributed by atoms with E-state index < -0.39 is 0 Å². The Hall–Kier alpha value is -1.69. The molecule has 6 heteroatoms. The van der Waals surface area contributed by atoms with Crippen LogP contribution in [0.3, 0.4) is 0 Å². The quantitative estimate of drug-likeness (QED) is 0.741. The number of nitrogens with one attached hydrogen (secondary N) is 1. The first-order valence-electron chi connectivity index (χ1n) is 5.20. The molecule has 0 spiro atoms. The molecule has 0 radical (unpaired) electrons. The molecule has 0 bridgehead atoms. The molecule has 0 saturated carbocycles. The maximum Gasteiger partial charge on any atom is 0.261 e. The maximum atomic E-state index is 11.8. The summed E-state index contributed by atoms with van der Waals surface area (Å²) in [5.41, 5.74) is 5.31. The number of hydrogen-bond acceptors (Lipinski definition) is 3. The van der Waals surface area contributed by atoms with Gasteiger partial charge in [0, 0.05) is 12.2 Å². The lowest BCUT2D eigenvalue weighted by atomic mass is 10.3. The van der Waals surface area contributed by atoms with Crippen molar-refractivity contribution >= 4 is 23.1 Å². The van der Waals surface area contributed by atoms with Gasteiger partial charge in [0.05, 0.1) is 5.56 Å². The van der Waals surface area contributed by atoms with Crippen molar-refractivity contribution in [3.8, 4) is 0 Å². The van der Waals surface area contributed by atoms with Gasteiger partial charge < -0.3 is 15.6 Å². The summed E-state index contributed by atoms with van der Waals surface area (Å²) in [6.45, 7) is 3.67. The van der Waals surface area contributed by atoms with E-state index in [2.05, 4.69) is 5.32 Å². The fourth-order valence-electron chi connectivity index (χ4n) is 1.37. The van der Waals surface area contributed by atoms with E-state index in [1.807, 2.05) is 13.8 Å². The third-order valence-electron chi connectivity index (χ3n) is 2.05. The van der Waals surface area contributed by atoms with Gasteiger partial charge in [0.2, 0.25) is 5.91 Å². The third kappa shape index (κ3) is 3.67. The maximum absolute atomic E-state index is 11.8. The molecular weight excluding hydrogens is 238 g/mol. The number of rotatable bonds is 4. The van der Waals surface area contributed by atoms with Gasteiger partial charge in [0.15, 0.2) is 0 Å². The molecule has 1 aromatic rings. The Labute approximate surface area is 105 Å². The Kier molecular flexibility index (Phi) is 4.39. The fraction of sp³-hybridized carbons (Fsp3) is 0.364. The minimum absolute atomic E-state index is 0.0343. The number of thiocarbonyl (C=S) groups is 1. The fourth-order valence-corrected chi connectivity index (χ4v) is 1.53. The summed E-state index contributed by atoms with van der Waals surface area (Å²) in [5, 5.41) is 2.70. The van der Waals surface area contributed by atoms with Gasteiger partial charge >= 0.3 is 0 Å².